The fraction of sp³-hybridized carbons (Fsp3) is 0.333. The molecule has 0 fully saturated rings. The summed E-state index contributed by atoms with van der Waals surface area (Å²) in [6, 6.07) is 3.61. The molecule has 0 N–H and O–H groups in total. The average Bonchev–Trinajstić information content (AvgIpc) is 2.73. The molecule has 2 aromatic heterocycles. The Kier molecular flexibility index (Phi) is 3.27. The summed E-state index contributed by atoms with van der Waals surface area (Å²) < 4.78 is 6.02. The van der Waals surface area contributed by atoms with Crippen LogP contribution >= 0.6 is 27.5 Å². The van der Waals surface area contributed by atoms with Crippen LogP contribution in [0.5, 0.6) is 0 Å². The fourth-order valence-electron chi connectivity index (χ4n) is 1.43. The van der Waals surface area contributed by atoms with Crippen LogP contribution in [0.3, 0.4) is 0 Å². The number of hydrogen-bond donors (Lipinski definition) is 0. The Morgan fingerprint density at radius 1 is 1.29 bits per heavy atom. The van der Waals surface area contributed by atoms with Crippen molar-refractivity contribution in [3.8, 4) is 11.6 Å². The van der Waals surface area contributed by atoms with Crippen LogP contribution in [-0.2, 0) is 5.41 Å². The maximum absolute atomic E-state index is 6.10. The maximum Gasteiger partial charge on any atom is 0.197 e. The maximum atomic E-state index is 6.10. The quantitative estimate of drug-likeness (QED) is 0.730. The minimum atomic E-state index is -0.118. The lowest BCUT2D eigenvalue weighted by Crippen LogP contribution is -2.16. The van der Waals surface area contributed by atoms with Gasteiger partial charge in [0.05, 0.1) is 16.4 Å². The molecule has 3 nitrogen and oxygen atoms in total. The van der Waals surface area contributed by atoms with Gasteiger partial charge in [-0.3, -0.25) is 0 Å². The molecule has 0 aliphatic rings. The summed E-state index contributed by atoms with van der Waals surface area (Å²) in [6.07, 6.45) is 1.59. The topological polar surface area (TPSA) is 38.9 Å². The number of halogens is 2. The summed E-state index contributed by atoms with van der Waals surface area (Å²) in [4.78, 5) is 8.71. The van der Waals surface area contributed by atoms with Crippen molar-refractivity contribution in [1.82, 2.24) is 9.97 Å². The molecule has 0 aliphatic carbocycles. The lowest BCUT2D eigenvalue weighted by Gasteiger charge is -2.20. The van der Waals surface area contributed by atoms with Crippen LogP contribution in [0.2, 0.25) is 5.15 Å². The van der Waals surface area contributed by atoms with Gasteiger partial charge in [-0.25, -0.2) is 9.97 Å². The highest BCUT2D eigenvalue weighted by Crippen LogP contribution is 2.34. The number of furan rings is 1. The van der Waals surface area contributed by atoms with Gasteiger partial charge >= 0.3 is 0 Å². The van der Waals surface area contributed by atoms with E-state index in [0.717, 1.165) is 10.2 Å². The van der Waals surface area contributed by atoms with Crippen molar-refractivity contribution in [2.75, 3.05) is 0 Å². The summed E-state index contributed by atoms with van der Waals surface area (Å²) in [7, 11) is 0. The Labute approximate surface area is 113 Å². The average molecular weight is 316 g/mol. The van der Waals surface area contributed by atoms with Gasteiger partial charge in [-0.1, -0.05) is 32.4 Å². The van der Waals surface area contributed by atoms with Crippen molar-refractivity contribution in [1.29, 1.82) is 0 Å². The van der Waals surface area contributed by atoms with E-state index in [4.69, 9.17) is 16.0 Å². The molecule has 0 amide bonds. The van der Waals surface area contributed by atoms with Gasteiger partial charge in [0.2, 0.25) is 0 Å². The molecule has 0 atom stereocenters. The number of aromatic nitrogens is 2. The van der Waals surface area contributed by atoms with Gasteiger partial charge in [-0.05, 0) is 28.1 Å². The van der Waals surface area contributed by atoms with Gasteiger partial charge in [0.25, 0.3) is 0 Å². The summed E-state index contributed by atoms with van der Waals surface area (Å²) in [5.41, 5.74) is 0.746. The molecule has 2 aromatic rings. The predicted molar refractivity (Wildman–Crippen MR) is 71.1 cm³/mol. The molecule has 0 unspecified atom stereocenters. The van der Waals surface area contributed by atoms with Crippen molar-refractivity contribution in [3.63, 3.8) is 0 Å². The molecule has 2 heterocycles. The molecule has 5 heteroatoms. The van der Waals surface area contributed by atoms with Crippen LogP contribution < -0.4 is 0 Å². The zero-order valence-electron chi connectivity index (χ0n) is 9.79. The molecule has 2 rings (SSSR count). The molecule has 17 heavy (non-hydrogen) atoms. The van der Waals surface area contributed by atoms with E-state index in [2.05, 4.69) is 46.7 Å². The number of nitrogens with zero attached hydrogens (tertiary/aromatic N) is 2. The molecule has 0 aromatic carbocycles. The second-order valence-corrected chi connectivity index (χ2v) is 5.88. The third-order valence-electron chi connectivity index (χ3n) is 2.26. The minimum absolute atomic E-state index is 0.118. The summed E-state index contributed by atoms with van der Waals surface area (Å²) >= 11 is 9.53. The van der Waals surface area contributed by atoms with Gasteiger partial charge in [-0.2, -0.15) is 0 Å². The Bertz CT molecular complexity index is 532. The first kappa shape index (κ1) is 12.6. The first-order valence-corrected chi connectivity index (χ1v) is 6.34. The van der Waals surface area contributed by atoms with Crippen LogP contribution in [0.25, 0.3) is 11.6 Å². The van der Waals surface area contributed by atoms with E-state index in [-0.39, 0.29) is 5.41 Å². The monoisotopic (exact) mass is 314 g/mol. The van der Waals surface area contributed by atoms with Crippen LogP contribution in [0.4, 0.5) is 0 Å². The Morgan fingerprint density at radius 3 is 2.53 bits per heavy atom. The van der Waals surface area contributed by atoms with E-state index in [0.29, 0.717) is 16.7 Å². The van der Waals surface area contributed by atoms with Gasteiger partial charge in [0, 0.05) is 5.41 Å². The zero-order valence-corrected chi connectivity index (χ0v) is 12.1. The van der Waals surface area contributed by atoms with Crippen LogP contribution in [-0.4, -0.2) is 9.97 Å². The van der Waals surface area contributed by atoms with E-state index in [1.54, 1.807) is 12.3 Å². The van der Waals surface area contributed by atoms with Crippen LogP contribution in [0.15, 0.2) is 27.3 Å². The second-order valence-electron chi connectivity index (χ2n) is 4.73. The zero-order chi connectivity index (χ0) is 12.6. The molecular formula is C12H12BrClN2O. The first-order valence-electron chi connectivity index (χ1n) is 5.17. The van der Waals surface area contributed by atoms with Crippen LogP contribution in [0, 0.1) is 0 Å². The molecular weight excluding hydrogens is 304 g/mol. The number of hydrogen-bond acceptors (Lipinski definition) is 3. The Hall–Kier alpha value is -0.870. The molecule has 90 valence electrons. The standard InChI is InChI=1S/C12H12BrClN2O/c1-12(2,3)9-8(13)10(14)16-11(15-9)7-5-4-6-17-7/h4-6H,1-3H3. The first-order chi connectivity index (χ1) is 7.89. The third-order valence-corrected chi connectivity index (χ3v) is 3.52. The third kappa shape index (κ3) is 2.53. The molecule has 0 bridgehead atoms. The second kappa shape index (κ2) is 4.42. The number of rotatable bonds is 1. The van der Waals surface area contributed by atoms with Gasteiger partial charge in [-0.15, -0.1) is 0 Å². The van der Waals surface area contributed by atoms with Crippen molar-refractivity contribution >= 4 is 27.5 Å². The van der Waals surface area contributed by atoms with E-state index in [9.17, 15) is 0 Å². The molecule has 0 saturated heterocycles. The van der Waals surface area contributed by atoms with Crippen LogP contribution in [0.1, 0.15) is 26.5 Å². The fourth-order valence-corrected chi connectivity index (χ4v) is 2.37. The largest absolute Gasteiger partial charge is 0.461 e. The van der Waals surface area contributed by atoms with Gasteiger partial charge < -0.3 is 4.42 Å². The van der Waals surface area contributed by atoms with Gasteiger partial charge in [0.15, 0.2) is 11.6 Å². The highest BCUT2D eigenvalue weighted by Gasteiger charge is 2.23. The van der Waals surface area contributed by atoms with Crippen molar-refractivity contribution < 1.29 is 4.42 Å². The highest BCUT2D eigenvalue weighted by molar-refractivity contribution is 9.10. The van der Waals surface area contributed by atoms with Gasteiger partial charge in [0.1, 0.15) is 5.15 Å². The van der Waals surface area contributed by atoms with E-state index in [1.165, 1.54) is 0 Å². The highest BCUT2D eigenvalue weighted by atomic mass is 79.9. The van der Waals surface area contributed by atoms with Crippen molar-refractivity contribution in [3.05, 3.63) is 33.7 Å². The smallest absolute Gasteiger partial charge is 0.197 e. The van der Waals surface area contributed by atoms with Crippen molar-refractivity contribution in [2.24, 2.45) is 0 Å². The Balaban J connectivity index is 2.62. The lowest BCUT2D eigenvalue weighted by molar-refractivity contribution is 0.554. The van der Waals surface area contributed by atoms with Crippen molar-refractivity contribution in [2.45, 2.75) is 26.2 Å². The normalized spacial score (nSPS) is 11.8. The molecule has 0 spiro atoms. The van der Waals surface area contributed by atoms with E-state index in [1.807, 2.05) is 6.07 Å². The van der Waals surface area contributed by atoms with E-state index >= 15 is 0 Å². The summed E-state index contributed by atoms with van der Waals surface area (Å²) in [5.74, 6) is 1.12. The SMILES string of the molecule is CC(C)(C)c1nc(-c2ccco2)nc(Cl)c1Br. The lowest BCUT2D eigenvalue weighted by atomic mass is 9.92. The molecule has 0 aliphatic heterocycles. The molecule has 0 saturated carbocycles. The molecule has 0 radical (unpaired) electrons. The van der Waals surface area contributed by atoms with E-state index < -0.39 is 0 Å². The summed E-state index contributed by atoms with van der Waals surface area (Å²) in [5, 5.41) is 0.399. The summed E-state index contributed by atoms with van der Waals surface area (Å²) in [6.45, 7) is 6.22. The minimum Gasteiger partial charge on any atom is -0.461 e. The predicted octanol–water partition coefficient (Wildman–Crippen LogP) is 4.45. The Morgan fingerprint density at radius 2 is 2.00 bits per heavy atom.